The van der Waals surface area contributed by atoms with Gasteiger partial charge in [0.1, 0.15) is 36.0 Å². The van der Waals surface area contributed by atoms with Gasteiger partial charge in [0.25, 0.3) is 0 Å². The lowest BCUT2D eigenvalue weighted by Crippen LogP contribution is -2.59. The molecule has 1 aliphatic heterocycles. The van der Waals surface area contributed by atoms with Crippen molar-refractivity contribution in [3.63, 3.8) is 0 Å². The molecule has 0 bridgehead atoms. The Morgan fingerprint density at radius 1 is 0.922 bits per heavy atom. The lowest BCUT2D eigenvalue weighted by atomic mass is 10.00. The highest BCUT2D eigenvalue weighted by atomic mass is 31.2. The molecular weight excluding hydrogens is 693 g/mol. The van der Waals surface area contributed by atoms with Crippen LogP contribution < -0.4 is 37.3 Å². The number of aliphatic hydroxyl groups is 1. The number of rotatable bonds is 19. The predicted octanol–water partition coefficient (Wildman–Crippen LogP) is -2.17. The molecule has 1 aliphatic rings. The van der Waals surface area contributed by atoms with Crippen LogP contribution in [0.4, 0.5) is 0 Å². The molecule has 1 saturated heterocycles. The largest absolute Gasteiger partial charge is 0.524 e. The summed E-state index contributed by atoms with van der Waals surface area (Å²) in [5.74, 6) is -5.50. The molecule has 20 heteroatoms. The molecule has 1 fully saturated rings. The Bertz CT molecular complexity index is 1480. The summed E-state index contributed by atoms with van der Waals surface area (Å²) in [4.78, 5) is 109. The number of likely N-dealkylation sites (tertiary alicyclic amines) is 1. The molecular formula is C31H48N7O12P. The molecule has 6 atom stereocenters. The van der Waals surface area contributed by atoms with E-state index >= 15 is 0 Å². The number of hydrogen-bond acceptors (Lipinski definition) is 10. The lowest BCUT2D eigenvalue weighted by Gasteiger charge is -2.31. The average Bonchev–Trinajstić information content (AvgIpc) is 3.50. The Kier molecular flexibility index (Phi) is 16.0. The lowest BCUT2D eigenvalue weighted by molar-refractivity contribution is -0.143. The van der Waals surface area contributed by atoms with E-state index in [0.29, 0.717) is 12.0 Å². The first-order valence-corrected chi connectivity index (χ1v) is 17.8. The quantitative estimate of drug-likeness (QED) is 0.0685. The van der Waals surface area contributed by atoms with Crippen LogP contribution in [-0.4, -0.2) is 104 Å². The summed E-state index contributed by atoms with van der Waals surface area (Å²) in [5, 5.41) is 19.9. The minimum Gasteiger partial charge on any atom is -0.404 e. The van der Waals surface area contributed by atoms with Crippen molar-refractivity contribution < 1.29 is 57.5 Å². The maximum atomic E-state index is 14.0. The van der Waals surface area contributed by atoms with E-state index in [1.54, 1.807) is 0 Å². The Labute approximate surface area is 294 Å². The van der Waals surface area contributed by atoms with E-state index in [1.807, 2.05) is 13.8 Å². The summed E-state index contributed by atoms with van der Waals surface area (Å²) < 4.78 is 15.7. The Hall–Kier alpha value is -4.58. The summed E-state index contributed by atoms with van der Waals surface area (Å²) in [6.45, 7) is 6.22. The maximum absolute atomic E-state index is 14.0. The van der Waals surface area contributed by atoms with Gasteiger partial charge in [-0.15, -0.1) is 0 Å². The van der Waals surface area contributed by atoms with Gasteiger partial charge >= 0.3 is 7.82 Å². The number of carbonyl (C=O) groups excluding carboxylic acids is 7. The van der Waals surface area contributed by atoms with Gasteiger partial charge in [0, 0.05) is 26.3 Å². The van der Waals surface area contributed by atoms with Crippen molar-refractivity contribution in [2.75, 3.05) is 6.54 Å². The van der Waals surface area contributed by atoms with E-state index in [-0.39, 0.29) is 50.3 Å². The van der Waals surface area contributed by atoms with Crippen LogP contribution in [0.1, 0.15) is 65.4 Å². The molecule has 1 aromatic carbocycles. The molecule has 0 aromatic heterocycles. The molecule has 7 amide bonds. The highest BCUT2D eigenvalue weighted by molar-refractivity contribution is 7.46. The molecule has 19 nitrogen and oxygen atoms in total. The second kappa shape index (κ2) is 19.1. The second-order valence-corrected chi connectivity index (χ2v) is 13.9. The molecule has 0 spiro atoms. The first-order chi connectivity index (χ1) is 23.7. The number of hydrogen-bond donors (Lipinski definition) is 9. The van der Waals surface area contributed by atoms with Crippen LogP contribution in [0.5, 0.6) is 5.75 Å². The molecule has 0 aliphatic carbocycles. The van der Waals surface area contributed by atoms with Crippen LogP contribution in [0.25, 0.3) is 0 Å². The van der Waals surface area contributed by atoms with Gasteiger partial charge in [0.2, 0.25) is 41.4 Å². The number of benzene rings is 1. The zero-order valence-corrected chi connectivity index (χ0v) is 29.8. The van der Waals surface area contributed by atoms with E-state index in [4.69, 9.17) is 21.3 Å². The number of phosphoric ester groups is 1. The fourth-order valence-electron chi connectivity index (χ4n) is 5.49. The van der Waals surface area contributed by atoms with Crippen LogP contribution in [0.15, 0.2) is 24.3 Å². The van der Waals surface area contributed by atoms with Gasteiger partial charge in [0.15, 0.2) is 0 Å². The van der Waals surface area contributed by atoms with Gasteiger partial charge < -0.3 is 47.3 Å². The van der Waals surface area contributed by atoms with Crippen molar-refractivity contribution in [2.24, 2.45) is 17.4 Å². The minimum absolute atomic E-state index is 0.0562. The van der Waals surface area contributed by atoms with Crippen molar-refractivity contribution in [1.29, 1.82) is 0 Å². The summed E-state index contributed by atoms with van der Waals surface area (Å²) >= 11 is 0. The molecule has 0 saturated carbocycles. The van der Waals surface area contributed by atoms with Crippen molar-refractivity contribution >= 4 is 49.2 Å². The zero-order valence-electron chi connectivity index (χ0n) is 28.9. The maximum Gasteiger partial charge on any atom is 0.524 e. The fourth-order valence-corrected chi connectivity index (χ4v) is 5.89. The highest BCUT2D eigenvalue weighted by Gasteiger charge is 2.40. The Morgan fingerprint density at radius 3 is 2.04 bits per heavy atom. The SMILES string of the molecule is CC(=O)N[C@@H](Cc1ccc(OP(=O)(O)O)cc1)C(=O)N[C@@H](CC(C)C)C(=O)N1CCC[C@H]1C(=O)N[C@@H](CCC(N)=O)C(=O)N[C@H](C(N)=O)[C@@H](C)O. The molecule has 0 radical (unpaired) electrons. The highest BCUT2D eigenvalue weighted by Crippen LogP contribution is 2.37. The number of nitrogens with two attached hydrogens (primary N) is 2. The van der Waals surface area contributed by atoms with Gasteiger partial charge in [-0.3, -0.25) is 43.3 Å². The van der Waals surface area contributed by atoms with E-state index in [1.165, 1.54) is 43.0 Å². The van der Waals surface area contributed by atoms with E-state index < -0.39 is 85.5 Å². The van der Waals surface area contributed by atoms with Gasteiger partial charge in [0.05, 0.1) is 6.10 Å². The summed E-state index contributed by atoms with van der Waals surface area (Å²) in [6.07, 6.45) is -1.21. The summed E-state index contributed by atoms with van der Waals surface area (Å²) in [5.41, 5.74) is 11.0. The molecule has 284 valence electrons. The number of carbonyl (C=O) groups is 7. The number of primary amides is 2. The van der Waals surface area contributed by atoms with Crippen molar-refractivity contribution in [3.05, 3.63) is 29.8 Å². The number of aliphatic hydroxyl groups excluding tert-OH is 1. The third kappa shape index (κ3) is 14.3. The average molecular weight is 742 g/mol. The predicted molar refractivity (Wildman–Crippen MR) is 180 cm³/mol. The third-order valence-corrected chi connectivity index (χ3v) is 8.29. The number of nitrogens with zero attached hydrogens (tertiary/aromatic N) is 1. The number of amides is 7. The molecule has 1 aromatic rings. The van der Waals surface area contributed by atoms with Crippen LogP contribution in [0.2, 0.25) is 0 Å². The van der Waals surface area contributed by atoms with E-state index in [9.17, 15) is 43.2 Å². The van der Waals surface area contributed by atoms with Gasteiger partial charge in [-0.1, -0.05) is 26.0 Å². The van der Waals surface area contributed by atoms with Gasteiger partial charge in [-0.05, 0) is 56.2 Å². The molecule has 0 unspecified atom stereocenters. The topological polar surface area (TPSA) is 310 Å². The van der Waals surface area contributed by atoms with Crippen molar-refractivity contribution in [1.82, 2.24) is 26.2 Å². The molecule has 2 rings (SSSR count). The first-order valence-electron chi connectivity index (χ1n) is 16.3. The number of nitrogens with one attached hydrogen (secondary N) is 4. The van der Waals surface area contributed by atoms with Crippen LogP contribution in [0.3, 0.4) is 0 Å². The normalized spacial score (nSPS) is 17.3. The van der Waals surface area contributed by atoms with Crippen LogP contribution >= 0.6 is 7.82 Å². The smallest absolute Gasteiger partial charge is 0.404 e. The van der Waals surface area contributed by atoms with Crippen molar-refractivity contribution in [2.45, 2.75) is 103 Å². The fraction of sp³-hybridized carbons (Fsp3) is 0.581. The molecule has 51 heavy (non-hydrogen) atoms. The van der Waals surface area contributed by atoms with E-state index in [2.05, 4.69) is 25.8 Å². The number of phosphoric acid groups is 1. The summed E-state index contributed by atoms with van der Waals surface area (Å²) in [6, 6.07) is -0.763. The van der Waals surface area contributed by atoms with Gasteiger partial charge in [-0.2, -0.15) is 0 Å². The minimum atomic E-state index is -4.79. The summed E-state index contributed by atoms with van der Waals surface area (Å²) in [7, 11) is -4.79. The third-order valence-electron chi connectivity index (χ3n) is 7.84. The molecule has 11 N–H and O–H groups in total. The van der Waals surface area contributed by atoms with E-state index in [0.717, 1.165) is 0 Å². The van der Waals surface area contributed by atoms with Gasteiger partial charge in [-0.25, -0.2) is 4.57 Å². The zero-order chi connectivity index (χ0) is 38.6. The van der Waals surface area contributed by atoms with Crippen LogP contribution in [0, 0.1) is 5.92 Å². The first kappa shape index (κ1) is 42.6. The second-order valence-electron chi connectivity index (χ2n) is 12.8. The van der Waals surface area contributed by atoms with Crippen molar-refractivity contribution in [3.8, 4) is 5.75 Å². The molecule has 1 heterocycles. The Balaban J connectivity index is 2.26. The van der Waals surface area contributed by atoms with Crippen LogP contribution in [-0.2, 0) is 44.5 Å². The standard InChI is InChI=1S/C31H48N7O12P/c1-16(2)14-23(36-29(44)22(34-18(4)40)15-19-7-9-20(10-8-19)50-51(47,48)49)31(46)38-13-5-6-24(38)30(45)35-21(11-12-25(32)41)28(43)37-26(17(3)39)27(33)42/h7-10,16-17,21-24,26,39H,5-6,11-15H2,1-4H3,(H2,32,41)(H2,33,42)(H,34,40)(H,35,45)(H,36,44)(H,37,43)(H2,47,48,49)/t17-,21+,22+,23+,24+,26+/m1/s1. The Morgan fingerprint density at radius 2 is 1.53 bits per heavy atom. The monoisotopic (exact) mass is 741 g/mol.